The van der Waals surface area contributed by atoms with Crippen LogP contribution in [0.1, 0.15) is 24.6 Å². The molecule has 1 atom stereocenters. The molecule has 1 aromatic heterocycles. The first-order valence-corrected chi connectivity index (χ1v) is 7.59. The van der Waals surface area contributed by atoms with Crippen LogP contribution in [0.2, 0.25) is 0 Å². The topological polar surface area (TPSA) is 57.4 Å². The molecular weight excluding hydrogens is 272 g/mol. The molecule has 2 rings (SSSR count). The van der Waals surface area contributed by atoms with Gasteiger partial charge in [0.2, 0.25) is 0 Å². The van der Waals surface area contributed by atoms with Crippen molar-refractivity contribution in [2.75, 3.05) is 7.11 Å². The van der Waals surface area contributed by atoms with Gasteiger partial charge in [-0.05, 0) is 30.5 Å². The minimum Gasteiger partial charge on any atom is -0.493 e. The Morgan fingerprint density at radius 2 is 2.20 bits per heavy atom. The minimum absolute atomic E-state index is 0.182. The van der Waals surface area contributed by atoms with Gasteiger partial charge in [-0.1, -0.05) is 13.0 Å². The van der Waals surface area contributed by atoms with Gasteiger partial charge in [-0.25, -0.2) is 4.98 Å². The van der Waals surface area contributed by atoms with E-state index in [1.165, 1.54) is 0 Å². The maximum absolute atomic E-state index is 5.98. The summed E-state index contributed by atoms with van der Waals surface area (Å²) in [7, 11) is 1.65. The number of hydrogen-bond acceptors (Lipinski definition) is 5. The van der Waals surface area contributed by atoms with Crippen LogP contribution in [0.15, 0.2) is 29.1 Å². The molecule has 1 unspecified atom stereocenters. The van der Waals surface area contributed by atoms with Gasteiger partial charge in [-0.15, -0.1) is 11.3 Å². The Hall–Kier alpha value is -1.59. The van der Waals surface area contributed by atoms with Crippen LogP contribution < -0.4 is 15.2 Å². The third kappa shape index (κ3) is 3.95. The Morgan fingerprint density at radius 3 is 2.85 bits per heavy atom. The quantitative estimate of drug-likeness (QED) is 0.852. The van der Waals surface area contributed by atoms with Crippen molar-refractivity contribution < 1.29 is 9.47 Å². The van der Waals surface area contributed by atoms with E-state index in [9.17, 15) is 0 Å². The molecule has 4 nitrogen and oxygen atoms in total. The first-order valence-electron chi connectivity index (χ1n) is 6.65. The molecule has 0 spiro atoms. The second-order valence-corrected chi connectivity index (χ2v) is 5.34. The highest BCUT2D eigenvalue weighted by Gasteiger charge is 2.09. The normalized spacial score (nSPS) is 12.2. The van der Waals surface area contributed by atoms with Crippen molar-refractivity contribution >= 4 is 11.3 Å². The van der Waals surface area contributed by atoms with Crippen LogP contribution in [-0.4, -0.2) is 18.1 Å². The van der Waals surface area contributed by atoms with Gasteiger partial charge in [-0.2, -0.15) is 0 Å². The van der Waals surface area contributed by atoms with E-state index in [0.717, 1.165) is 35.6 Å². The third-order valence-electron chi connectivity index (χ3n) is 3.11. The molecule has 0 radical (unpaired) electrons. The van der Waals surface area contributed by atoms with Crippen molar-refractivity contribution in [1.82, 2.24) is 4.98 Å². The van der Waals surface area contributed by atoms with Gasteiger partial charge < -0.3 is 15.2 Å². The van der Waals surface area contributed by atoms with E-state index in [2.05, 4.69) is 11.9 Å². The molecule has 0 bridgehead atoms. The zero-order valence-electron chi connectivity index (χ0n) is 11.8. The molecule has 2 aromatic rings. The number of benzene rings is 1. The molecule has 2 N–H and O–H groups in total. The molecular formula is C15H20N2O2S. The van der Waals surface area contributed by atoms with E-state index in [1.54, 1.807) is 24.0 Å². The number of nitrogens with zero attached hydrogens (tertiary/aromatic N) is 1. The average molecular weight is 292 g/mol. The second kappa shape index (κ2) is 7.26. The van der Waals surface area contributed by atoms with Crippen molar-refractivity contribution in [3.63, 3.8) is 0 Å². The van der Waals surface area contributed by atoms with Crippen LogP contribution in [-0.2, 0) is 13.0 Å². The first-order chi connectivity index (χ1) is 9.72. The maximum atomic E-state index is 5.98. The summed E-state index contributed by atoms with van der Waals surface area (Å²) in [6.45, 7) is 2.54. The monoisotopic (exact) mass is 292 g/mol. The van der Waals surface area contributed by atoms with E-state index in [-0.39, 0.29) is 6.04 Å². The smallest absolute Gasteiger partial charge is 0.161 e. The maximum Gasteiger partial charge on any atom is 0.161 e. The summed E-state index contributed by atoms with van der Waals surface area (Å²) < 4.78 is 11.1. The molecule has 0 saturated carbocycles. The van der Waals surface area contributed by atoms with Crippen LogP contribution in [0.5, 0.6) is 11.5 Å². The molecule has 108 valence electrons. The van der Waals surface area contributed by atoms with Crippen molar-refractivity contribution in [3.05, 3.63) is 40.3 Å². The fourth-order valence-electron chi connectivity index (χ4n) is 1.87. The van der Waals surface area contributed by atoms with Gasteiger partial charge in [0.15, 0.2) is 11.5 Å². The number of ether oxygens (including phenoxy) is 2. The van der Waals surface area contributed by atoms with Crippen molar-refractivity contribution in [2.45, 2.75) is 32.4 Å². The van der Waals surface area contributed by atoms with Crippen LogP contribution in [0.25, 0.3) is 0 Å². The Balaban J connectivity index is 2.05. The van der Waals surface area contributed by atoms with Gasteiger partial charge in [0.25, 0.3) is 0 Å². The lowest BCUT2D eigenvalue weighted by Gasteiger charge is -2.13. The van der Waals surface area contributed by atoms with Crippen molar-refractivity contribution in [3.8, 4) is 11.5 Å². The Bertz CT molecular complexity index is 529. The Morgan fingerprint density at radius 1 is 1.35 bits per heavy atom. The zero-order valence-corrected chi connectivity index (χ0v) is 12.7. The summed E-state index contributed by atoms with van der Waals surface area (Å²) in [5.74, 6) is 1.47. The van der Waals surface area contributed by atoms with Crippen LogP contribution in [0, 0.1) is 0 Å². The fraction of sp³-hybridized carbons (Fsp3) is 0.400. The molecule has 0 aliphatic heterocycles. The second-order valence-electron chi connectivity index (χ2n) is 4.63. The first kappa shape index (κ1) is 14.8. The molecule has 0 amide bonds. The molecule has 20 heavy (non-hydrogen) atoms. The number of methoxy groups -OCH3 is 1. The van der Waals surface area contributed by atoms with Gasteiger partial charge in [0.05, 0.1) is 18.3 Å². The molecule has 0 aliphatic carbocycles. The third-order valence-corrected chi connectivity index (χ3v) is 3.74. The SMILES string of the molecule is CCC(N)Cc1ccc(OCc2cscn2)c(OC)c1. The standard InChI is InChI=1S/C15H20N2O2S/c1-3-12(16)6-11-4-5-14(15(7-11)18-2)19-8-13-9-20-10-17-13/h4-5,7,9-10,12H,3,6,8,16H2,1-2H3. The number of hydrogen-bond donors (Lipinski definition) is 1. The van der Waals surface area contributed by atoms with Crippen LogP contribution in [0.4, 0.5) is 0 Å². The summed E-state index contributed by atoms with van der Waals surface area (Å²) in [6, 6.07) is 6.14. The Labute approximate surface area is 123 Å². The fourth-order valence-corrected chi connectivity index (χ4v) is 2.41. The lowest BCUT2D eigenvalue weighted by atomic mass is 10.0. The van der Waals surface area contributed by atoms with E-state index in [0.29, 0.717) is 6.61 Å². The Kier molecular flexibility index (Phi) is 5.38. The lowest BCUT2D eigenvalue weighted by Crippen LogP contribution is -2.21. The van der Waals surface area contributed by atoms with Gasteiger partial charge in [0.1, 0.15) is 6.61 Å². The van der Waals surface area contributed by atoms with E-state index in [4.69, 9.17) is 15.2 Å². The van der Waals surface area contributed by atoms with E-state index >= 15 is 0 Å². The summed E-state index contributed by atoms with van der Waals surface area (Å²) in [6.07, 6.45) is 1.81. The number of rotatable bonds is 7. The molecule has 0 saturated heterocycles. The number of thiazole rings is 1. The van der Waals surface area contributed by atoms with Crippen LogP contribution in [0.3, 0.4) is 0 Å². The molecule has 1 heterocycles. The number of aromatic nitrogens is 1. The van der Waals surface area contributed by atoms with E-state index < -0.39 is 0 Å². The van der Waals surface area contributed by atoms with Gasteiger partial charge in [0, 0.05) is 11.4 Å². The van der Waals surface area contributed by atoms with Gasteiger partial charge >= 0.3 is 0 Å². The molecule has 0 fully saturated rings. The zero-order chi connectivity index (χ0) is 14.4. The predicted molar refractivity (Wildman–Crippen MR) is 81.4 cm³/mol. The number of nitrogens with two attached hydrogens (primary N) is 1. The largest absolute Gasteiger partial charge is 0.493 e. The lowest BCUT2D eigenvalue weighted by molar-refractivity contribution is 0.281. The summed E-state index contributed by atoms with van der Waals surface area (Å²) in [5.41, 5.74) is 9.86. The van der Waals surface area contributed by atoms with E-state index in [1.807, 2.05) is 23.6 Å². The predicted octanol–water partition coefficient (Wildman–Crippen LogP) is 3.01. The average Bonchev–Trinajstić information content (AvgIpc) is 2.98. The van der Waals surface area contributed by atoms with Crippen molar-refractivity contribution in [2.24, 2.45) is 5.73 Å². The summed E-state index contributed by atoms with van der Waals surface area (Å²) in [5, 5.41) is 1.97. The van der Waals surface area contributed by atoms with Crippen molar-refractivity contribution in [1.29, 1.82) is 0 Å². The molecule has 0 aliphatic rings. The summed E-state index contributed by atoms with van der Waals surface area (Å²) in [4.78, 5) is 4.19. The van der Waals surface area contributed by atoms with Crippen LogP contribution >= 0.6 is 11.3 Å². The highest BCUT2D eigenvalue weighted by Crippen LogP contribution is 2.29. The minimum atomic E-state index is 0.182. The van der Waals surface area contributed by atoms with Gasteiger partial charge in [-0.3, -0.25) is 0 Å². The summed E-state index contributed by atoms with van der Waals surface area (Å²) >= 11 is 1.56. The highest BCUT2D eigenvalue weighted by molar-refractivity contribution is 7.07. The molecule has 5 heteroatoms. The molecule has 1 aromatic carbocycles. The highest BCUT2D eigenvalue weighted by atomic mass is 32.1.